The third kappa shape index (κ3) is 3.45. The zero-order valence-corrected chi connectivity index (χ0v) is 11.8. The average molecular weight is 342 g/mol. The van der Waals surface area contributed by atoms with E-state index >= 15 is 0 Å². The van der Waals surface area contributed by atoms with Crippen molar-refractivity contribution in [1.29, 1.82) is 0 Å². The van der Waals surface area contributed by atoms with Gasteiger partial charge in [0.1, 0.15) is 0 Å². The molecule has 1 aromatic heterocycles. The van der Waals surface area contributed by atoms with Gasteiger partial charge < -0.3 is 0 Å². The molecule has 0 atom stereocenters. The second-order valence-corrected chi connectivity index (χ2v) is 5.58. The van der Waals surface area contributed by atoms with E-state index in [4.69, 9.17) is 0 Å². The number of aromatic nitrogens is 2. The molecule has 0 saturated carbocycles. The summed E-state index contributed by atoms with van der Waals surface area (Å²) in [5.41, 5.74) is 2.32. The van der Waals surface area contributed by atoms with Crippen LogP contribution in [-0.4, -0.2) is 9.97 Å². The quantitative estimate of drug-likeness (QED) is 0.483. The fourth-order valence-corrected chi connectivity index (χ4v) is 2.42. The Bertz CT molecular complexity index is 471. The smallest absolute Gasteiger partial charge is 0.188 e. The molecule has 0 saturated heterocycles. The maximum Gasteiger partial charge on any atom is 0.188 e. The Labute approximate surface area is 113 Å². The van der Waals surface area contributed by atoms with Crippen LogP contribution < -0.4 is 0 Å². The minimum Gasteiger partial charge on any atom is -0.231 e. The Balaban J connectivity index is 1.99. The molecule has 0 aliphatic carbocycles. The van der Waals surface area contributed by atoms with Crippen LogP contribution in [0.15, 0.2) is 41.7 Å². The molecule has 0 N–H and O–H groups in total. The van der Waals surface area contributed by atoms with E-state index in [0.29, 0.717) is 0 Å². The second kappa shape index (κ2) is 5.63. The highest BCUT2D eigenvalue weighted by Crippen LogP contribution is 2.19. The third-order valence-corrected chi connectivity index (χ3v) is 3.71. The number of nitrogens with zero attached hydrogens (tertiary/aromatic N) is 2. The highest BCUT2D eigenvalue weighted by atomic mass is 127. The molecule has 2 nitrogen and oxygen atoms in total. The number of thioether (sulfide) groups is 1. The maximum absolute atomic E-state index is 4.36. The van der Waals surface area contributed by atoms with Gasteiger partial charge in [-0.05, 0) is 53.3 Å². The molecule has 82 valence electrons. The van der Waals surface area contributed by atoms with E-state index in [1.807, 2.05) is 13.0 Å². The van der Waals surface area contributed by atoms with E-state index in [0.717, 1.165) is 16.6 Å². The van der Waals surface area contributed by atoms with Crippen LogP contribution in [0.4, 0.5) is 0 Å². The van der Waals surface area contributed by atoms with Gasteiger partial charge in [0, 0.05) is 21.2 Å². The Hall–Kier alpha value is -0.620. The lowest BCUT2D eigenvalue weighted by Crippen LogP contribution is -1.89. The molecule has 0 fully saturated rings. The molecule has 16 heavy (non-hydrogen) atoms. The van der Waals surface area contributed by atoms with Crippen LogP contribution >= 0.6 is 34.4 Å². The first kappa shape index (κ1) is 11.9. The van der Waals surface area contributed by atoms with E-state index in [-0.39, 0.29) is 0 Å². The zero-order valence-electron chi connectivity index (χ0n) is 8.85. The van der Waals surface area contributed by atoms with E-state index in [1.54, 1.807) is 18.0 Å². The van der Waals surface area contributed by atoms with Gasteiger partial charge in [0.05, 0.1) is 0 Å². The highest BCUT2D eigenvalue weighted by Gasteiger charge is 1.99. The minimum absolute atomic E-state index is 0.846. The van der Waals surface area contributed by atoms with Crippen molar-refractivity contribution in [3.8, 4) is 0 Å². The van der Waals surface area contributed by atoms with Gasteiger partial charge >= 0.3 is 0 Å². The van der Waals surface area contributed by atoms with Crippen LogP contribution in [0.3, 0.4) is 0 Å². The summed E-state index contributed by atoms with van der Waals surface area (Å²) in [4.78, 5) is 8.58. The van der Waals surface area contributed by atoms with Gasteiger partial charge in [0.15, 0.2) is 5.16 Å². The Morgan fingerprint density at radius 1 is 1.19 bits per heavy atom. The molecule has 2 rings (SSSR count). The molecule has 0 unspecified atom stereocenters. The van der Waals surface area contributed by atoms with Crippen LogP contribution in [0, 0.1) is 10.5 Å². The maximum atomic E-state index is 4.36. The van der Waals surface area contributed by atoms with Gasteiger partial charge in [0.25, 0.3) is 0 Å². The van der Waals surface area contributed by atoms with Crippen LogP contribution in [0.5, 0.6) is 0 Å². The van der Waals surface area contributed by atoms with Crippen LogP contribution in [0.1, 0.15) is 11.3 Å². The van der Waals surface area contributed by atoms with Gasteiger partial charge in [-0.25, -0.2) is 9.97 Å². The van der Waals surface area contributed by atoms with Crippen LogP contribution in [-0.2, 0) is 5.75 Å². The minimum atomic E-state index is 0.846. The summed E-state index contributed by atoms with van der Waals surface area (Å²) in [6, 6.07) is 10.4. The van der Waals surface area contributed by atoms with Crippen molar-refractivity contribution in [3.05, 3.63) is 51.4 Å². The first-order valence-corrected chi connectivity index (χ1v) is 6.97. The fourth-order valence-electron chi connectivity index (χ4n) is 1.22. The summed E-state index contributed by atoms with van der Waals surface area (Å²) in [5, 5.41) is 0.846. The summed E-state index contributed by atoms with van der Waals surface area (Å²) in [6.07, 6.45) is 1.80. The molecule has 4 heteroatoms. The van der Waals surface area contributed by atoms with E-state index in [2.05, 4.69) is 56.8 Å². The summed E-state index contributed by atoms with van der Waals surface area (Å²) in [7, 11) is 0. The normalized spacial score (nSPS) is 10.4. The topological polar surface area (TPSA) is 25.8 Å². The monoisotopic (exact) mass is 342 g/mol. The number of aryl methyl sites for hydroxylation is 1. The molecule has 2 aromatic rings. The lowest BCUT2D eigenvalue weighted by molar-refractivity contribution is 0.932. The van der Waals surface area contributed by atoms with Gasteiger partial charge in [-0.1, -0.05) is 23.9 Å². The first-order valence-electron chi connectivity index (χ1n) is 4.91. The van der Waals surface area contributed by atoms with E-state index < -0.39 is 0 Å². The number of benzene rings is 1. The van der Waals surface area contributed by atoms with Crippen molar-refractivity contribution in [2.45, 2.75) is 17.8 Å². The number of hydrogen-bond acceptors (Lipinski definition) is 3. The van der Waals surface area contributed by atoms with Gasteiger partial charge in [-0.2, -0.15) is 0 Å². The molecule has 0 bridgehead atoms. The van der Waals surface area contributed by atoms with Crippen molar-refractivity contribution in [3.63, 3.8) is 0 Å². The standard InChI is InChI=1S/C12H11IN2S/c1-9-6-7-14-12(15-9)16-8-10-2-4-11(13)5-3-10/h2-7H,8H2,1H3. The lowest BCUT2D eigenvalue weighted by atomic mass is 10.2. The molecule has 0 aliphatic rings. The molecule has 1 heterocycles. The van der Waals surface area contributed by atoms with Crippen molar-refractivity contribution in [2.75, 3.05) is 0 Å². The summed E-state index contributed by atoms with van der Waals surface area (Å²) >= 11 is 3.98. The fraction of sp³-hybridized carbons (Fsp3) is 0.167. The molecule has 1 aromatic carbocycles. The summed E-state index contributed by atoms with van der Waals surface area (Å²) in [5.74, 6) is 0.917. The largest absolute Gasteiger partial charge is 0.231 e. The lowest BCUT2D eigenvalue weighted by Gasteiger charge is -2.01. The summed E-state index contributed by atoms with van der Waals surface area (Å²) in [6.45, 7) is 1.98. The molecule has 0 spiro atoms. The van der Waals surface area contributed by atoms with Gasteiger partial charge in [0.2, 0.25) is 0 Å². The van der Waals surface area contributed by atoms with E-state index in [1.165, 1.54) is 9.13 Å². The SMILES string of the molecule is Cc1ccnc(SCc2ccc(I)cc2)n1. The van der Waals surface area contributed by atoms with Crippen LogP contribution in [0.25, 0.3) is 0 Å². The van der Waals surface area contributed by atoms with Crippen molar-refractivity contribution in [2.24, 2.45) is 0 Å². The van der Waals surface area contributed by atoms with Gasteiger partial charge in [-0.15, -0.1) is 0 Å². The van der Waals surface area contributed by atoms with Crippen molar-refractivity contribution in [1.82, 2.24) is 9.97 Å². The van der Waals surface area contributed by atoms with E-state index in [9.17, 15) is 0 Å². The van der Waals surface area contributed by atoms with Gasteiger partial charge in [-0.3, -0.25) is 0 Å². The Kier molecular flexibility index (Phi) is 4.17. The number of hydrogen-bond donors (Lipinski definition) is 0. The number of halogens is 1. The molecule has 0 radical (unpaired) electrons. The Morgan fingerprint density at radius 2 is 1.94 bits per heavy atom. The second-order valence-electron chi connectivity index (χ2n) is 3.40. The van der Waals surface area contributed by atoms with Crippen molar-refractivity contribution >= 4 is 34.4 Å². The van der Waals surface area contributed by atoms with Crippen LogP contribution in [0.2, 0.25) is 0 Å². The predicted molar refractivity (Wildman–Crippen MR) is 75.5 cm³/mol. The Morgan fingerprint density at radius 3 is 2.62 bits per heavy atom. The molecular formula is C12H11IN2S. The number of rotatable bonds is 3. The third-order valence-electron chi connectivity index (χ3n) is 2.05. The molecule has 0 amide bonds. The highest BCUT2D eigenvalue weighted by molar-refractivity contribution is 14.1. The average Bonchev–Trinajstić information content (AvgIpc) is 2.28. The molecular weight excluding hydrogens is 331 g/mol. The first-order chi connectivity index (χ1) is 7.74. The van der Waals surface area contributed by atoms with Crippen molar-refractivity contribution < 1.29 is 0 Å². The summed E-state index contributed by atoms with van der Waals surface area (Å²) < 4.78 is 1.26. The molecule has 0 aliphatic heterocycles. The predicted octanol–water partition coefficient (Wildman–Crippen LogP) is 3.68. The zero-order chi connectivity index (χ0) is 11.4.